The van der Waals surface area contributed by atoms with Crippen LogP contribution in [0.4, 0.5) is 4.39 Å². The molecule has 25 heavy (non-hydrogen) atoms. The molecule has 1 amide bonds. The lowest BCUT2D eigenvalue weighted by molar-refractivity contribution is -0.123. The van der Waals surface area contributed by atoms with Gasteiger partial charge in [-0.15, -0.1) is 0 Å². The molecule has 8 heteroatoms. The lowest BCUT2D eigenvalue weighted by Gasteiger charge is -2.19. The number of hydrogen-bond donors (Lipinski definition) is 2. The van der Waals surface area contributed by atoms with Gasteiger partial charge in [-0.3, -0.25) is 4.79 Å². The van der Waals surface area contributed by atoms with Gasteiger partial charge in [-0.1, -0.05) is 46.3 Å². The number of nitrogens with one attached hydrogen (secondary N) is 2. The van der Waals surface area contributed by atoms with E-state index in [0.29, 0.717) is 0 Å². The Morgan fingerprint density at radius 2 is 1.68 bits per heavy atom. The van der Waals surface area contributed by atoms with Crippen molar-refractivity contribution in [2.75, 3.05) is 0 Å². The van der Waals surface area contributed by atoms with Crippen molar-refractivity contribution in [2.45, 2.75) is 30.8 Å². The topological polar surface area (TPSA) is 75.3 Å². The molecule has 0 aromatic heterocycles. The maximum absolute atomic E-state index is 13.7. The third-order valence-corrected chi connectivity index (χ3v) is 5.88. The molecule has 134 valence electrons. The van der Waals surface area contributed by atoms with Gasteiger partial charge in [0.2, 0.25) is 15.9 Å². The van der Waals surface area contributed by atoms with Gasteiger partial charge in [-0.2, -0.15) is 4.72 Å². The molecular weight excluding hydrogens is 411 g/mol. The van der Waals surface area contributed by atoms with E-state index < -0.39 is 32.7 Å². The van der Waals surface area contributed by atoms with Crippen LogP contribution in [0.5, 0.6) is 0 Å². The lowest BCUT2D eigenvalue weighted by atomic mass is 10.1. The van der Waals surface area contributed by atoms with Crippen LogP contribution >= 0.6 is 15.9 Å². The van der Waals surface area contributed by atoms with Crippen LogP contribution in [0.15, 0.2) is 57.9 Å². The summed E-state index contributed by atoms with van der Waals surface area (Å²) in [5.41, 5.74) is 0.861. The molecule has 2 N–H and O–H groups in total. The van der Waals surface area contributed by atoms with Crippen molar-refractivity contribution >= 4 is 31.9 Å². The first-order chi connectivity index (χ1) is 11.7. The molecule has 0 aliphatic carbocycles. The fourth-order valence-corrected chi connectivity index (χ4v) is 4.16. The molecule has 0 saturated carbocycles. The van der Waals surface area contributed by atoms with Crippen molar-refractivity contribution in [2.24, 2.45) is 0 Å². The summed E-state index contributed by atoms with van der Waals surface area (Å²) in [6.45, 7) is 3.19. The van der Waals surface area contributed by atoms with Crippen molar-refractivity contribution < 1.29 is 17.6 Å². The minimum atomic E-state index is -4.14. The SMILES string of the molecule is CC(NC(=O)[C@H](C)NS(=O)(=O)c1ccccc1F)c1ccccc1Br. The van der Waals surface area contributed by atoms with Crippen molar-refractivity contribution in [1.29, 1.82) is 0 Å². The van der Waals surface area contributed by atoms with Crippen LogP contribution in [-0.2, 0) is 14.8 Å². The van der Waals surface area contributed by atoms with E-state index in [-0.39, 0.29) is 6.04 Å². The summed E-state index contributed by atoms with van der Waals surface area (Å²) >= 11 is 3.41. The molecule has 2 aromatic rings. The van der Waals surface area contributed by atoms with Crippen molar-refractivity contribution in [1.82, 2.24) is 10.0 Å². The second-order valence-electron chi connectivity index (χ2n) is 5.53. The molecule has 0 heterocycles. The van der Waals surface area contributed by atoms with E-state index in [1.165, 1.54) is 19.1 Å². The first kappa shape index (κ1) is 19.6. The average Bonchev–Trinajstić information content (AvgIpc) is 2.54. The third kappa shape index (κ3) is 4.87. The minimum absolute atomic E-state index is 0.330. The van der Waals surface area contributed by atoms with Crippen LogP contribution in [0.3, 0.4) is 0 Å². The maximum atomic E-state index is 13.7. The fraction of sp³-hybridized carbons (Fsp3) is 0.235. The van der Waals surface area contributed by atoms with Gasteiger partial charge in [0.05, 0.1) is 12.1 Å². The summed E-state index contributed by atoms with van der Waals surface area (Å²) in [6, 6.07) is 11.0. The Morgan fingerprint density at radius 3 is 2.32 bits per heavy atom. The summed E-state index contributed by atoms with van der Waals surface area (Å²) in [6.07, 6.45) is 0. The predicted molar refractivity (Wildman–Crippen MR) is 96.9 cm³/mol. The molecule has 2 aromatic carbocycles. The summed E-state index contributed by atoms with van der Waals surface area (Å²) in [4.78, 5) is 11.8. The second-order valence-corrected chi connectivity index (χ2v) is 8.06. The fourth-order valence-electron chi connectivity index (χ4n) is 2.25. The van der Waals surface area contributed by atoms with Crippen LogP contribution in [0.2, 0.25) is 0 Å². The molecule has 0 radical (unpaired) electrons. The molecule has 2 atom stereocenters. The first-order valence-electron chi connectivity index (χ1n) is 7.54. The van der Waals surface area contributed by atoms with E-state index in [9.17, 15) is 17.6 Å². The minimum Gasteiger partial charge on any atom is -0.348 e. The summed E-state index contributed by atoms with van der Waals surface area (Å²) in [7, 11) is -4.14. The summed E-state index contributed by atoms with van der Waals surface area (Å²) in [5, 5.41) is 2.74. The number of carbonyl (C=O) groups is 1. The second kappa shape index (κ2) is 8.07. The smallest absolute Gasteiger partial charge is 0.244 e. The van der Waals surface area contributed by atoms with Crippen molar-refractivity contribution in [3.05, 3.63) is 64.4 Å². The molecule has 0 aliphatic heterocycles. The zero-order chi connectivity index (χ0) is 18.6. The van der Waals surface area contributed by atoms with Crippen LogP contribution in [-0.4, -0.2) is 20.4 Å². The number of rotatable bonds is 6. The standard InChI is InChI=1S/C17H18BrFN2O3S/c1-11(13-7-3-4-8-14(13)18)20-17(22)12(2)21-25(23,24)16-10-6-5-9-15(16)19/h3-12,21H,1-2H3,(H,20,22)/t11?,12-/m0/s1. The normalized spacial score (nSPS) is 13.9. The van der Waals surface area contributed by atoms with Gasteiger partial charge in [0.1, 0.15) is 10.7 Å². The number of carbonyl (C=O) groups excluding carboxylic acids is 1. The number of halogens is 2. The highest BCUT2D eigenvalue weighted by Gasteiger charge is 2.25. The van der Waals surface area contributed by atoms with Crippen LogP contribution in [0.1, 0.15) is 25.5 Å². The third-order valence-electron chi connectivity index (χ3n) is 3.58. The van der Waals surface area contributed by atoms with E-state index in [4.69, 9.17) is 0 Å². The van der Waals surface area contributed by atoms with Gasteiger partial charge in [-0.25, -0.2) is 12.8 Å². The highest BCUT2D eigenvalue weighted by atomic mass is 79.9. The number of hydrogen-bond acceptors (Lipinski definition) is 3. The highest BCUT2D eigenvalue weighted by molar-refractivity contribution is 9.10. The molecule has 2 rings (SSSR count). The first-order valence-corrected chi connectivity index (χ1v) is 9.81. The Hall–Kier alpha value is -1.77. The van der Waals surface area contributed by atoms with Gasteiger partial charge in [0.25, 0.3) is 0 Å². The Kier molecular flexibility index (Phi) is 6.31. The zero-order valence-corrected chi connectivity index (χ0v) is 16.1. The largest absolute Gasteiger partial charge is 0.348 e. The van der Waals surface area contributed by atoms with Crippen LogP contribution in [0, 0.1) is 5.82 Å². The monoisotopic (exact) mass is 428 g/mol. The molecule has 1 unspecified atom stereocenters. The number of amides is 1. The van der Waals surface area contributed by atoms with Gasteiger partial charge in [-0.05, 0) is 37.6 Å². The Labute approximate surface area is 154 Å². The quantitative estimate of drug-likeness (QED) is 0.741. The maximum Gasteiger partial charge on any atom is 0.244 e. The van der Waals surface area contributed by atoms with E-state index >= 15 is 0 Å². The Bertz CT molecular complexity index is 874. The zero-order valence-electron chi connectivity index (χ0n) is 13.7. The molecule has 0 fully saturated rings. The molecule has 0 saturated heterocycles. The molecule has 5 nitrogen and oxygen atoms in total. The number of benzene rings is 2. The number of sulfonamides is 1. The highest BCUT2D eigenvalue weighted by Crippen LogP contribution is 2.22. The molecule has 0 spiro atoms. The van der Waals surface area contributed by atoms with Gasteiger partial charge in [0.15, 0.2) is 0 Å². The van der Waals surface area contributed by atoms with E-state index in [1.807, 2.05) is 24.3 Å². The van der Waals surface area contributed by atoms with Gasteiger partial charge >= 0.3 is 0 Å². The molecule has 0 aliphatic rings. The van der Waals surface area contributed by atoms with Gasteiger partial charge in [0, 0.05) is 4.47 Å². The molecular formula is C17H18BrFN2O3S. The van der Waals surface area contributed by atoms with E-state index in [1.54, 1.807) is 6.92 Å². The predicted octanol–water partition coefficient (Wildman–Crippen LogP) is 3.13. The Morgan fingerprint density at radius 1 is 1.08 bits per heavy atom. The van der Waals surface area contributed by atoms with E-state index in [0.717, 1.165) is 22.2 Å². The van der Waals surface area contributed by atoms with Gasteiger partial charge < -0.3 is 5.32 Å². The van der Waals surface area contributed by atoms with Crippen LogP contribution < -0.4 is 10.0 Å². The average molecular weight is 429 g/mol. The Balaban J connectivity index is 2.08. The molecule has 0 bridgehead atoms. The summed E-state index contributed by atoms with van der Waals surface area (Å²) in [5.74, 6) is -1.38. The lowest BCUT2D eigenvalue weighted by Crippen LogP contribution is -2.45. The van der Waals surface area contributed by atoms with Crippen LogP contribution in [0.25, 0.3) is 0 Å². The summed E-state index contributed by atoms with van der Waals surface area (Å²) < 4.78 is 41.2. The van der Waals surface area contributed by atoms with Crippen molar-refractivity contribution in [3.63, 3.8) is 0 Å². The van der Waals surface area contributed by atoms with Crippen molar-refractivity contribution in [3.8, 4) is 0 Å². The van der Waals surface area contributed by atoms with E-state index in [2.05, 4.69) is 26.0 Å².